The van der Waals surface area contributed by atoms with Crippen LogP contribution in [0.1, 0.15) is 36.9 Å². The van der Waals surface area contributed by atoms with E-state index >= 15 is 0 Å². The lowest BCUT2D eigenvalue weighted by molar-refractivity contribution is -0.123. The topological polar surface area (TPSA) is 83.8 Å². The molecule has 1 fully saturated rings. The van der Waals surface area contributed by atoms with Crippen LogP contribution in [0.3, 0.4) is 0 Å². The summed E-state index contributed by atoms with van der Waals surface area (Å²) in [6.07, 6.45) is 4.28. The summed E-state index contributed by atoms with van der Waals surface area (Å²) in [6.45, 7) is 1.93. The molecule has 26 heavy (non-hydrogen) atoms. The second-order valence-corrected chi connectivity index (χ2v) is 6.88. The van der Waals surface area contributed by atoms with E-state index in [9.17, 15) is 4.79 Å². The number of nitrogens with zero attached hydrogens (tertiary/aromatic N) is 2. The van der Waals surface area contributed by atoms with Crippen molar-refractivity contribution in [3.05, 3.63) is 60.4 Å². The van der Waals surface area contributed by atoms with E-state index in [0.717, 1.165) is 40.0 Å². The fraction of sp³-hybridized carbons (Fsp3) is 0.250. The number of benzene rings is 1. The van der Waals surface area contributed by atoms with Gasteiger partial charge in [-0.2, -0.15) is 0 Å². The van der Waals surface area contributed by atoms with Crippen LogP contribution < -0.4 is 5.32 Å². The van der Waals surface area contributed by atoms with Crippen LogP contribution in [0.5, 0.6) is 0 Å². The Morgan fingerprint density at radius 2 is 2.23 bits per heavy atom. The molecule has 1 saturated carbocycles. The summed E-state index contributed by atoms with van der Waals surface area (Å²) in [4.78, 5) is 24.6. The van der Waals surface area contributed by atoms with Crippen LogP contribution in [0.4, 0.5) is 0 Å². The van der Waals surface area contributed by atoms with E-state index in [0.29, 0.717) is 0 Å². The molecule has 5 rings (SSSR count). The van der Waals surface area contributed by atoms with Gasteiger partial charge in [-0.1, -0.05) is 12.1 Å². The summed E-state index contributed by atoms with van der Waals surface area (Å²) in [7, 11) is 0. The van der Waals surface area contributed by atoms with Gasteiger partial charge in [0, 0.05) is 29.6 Å². The fourth-order valence-corrected chi connectivity index (χ4v) is 3.44. The summed E-state index contributed by atoms with van der Waals surface area (Å²) in [5.41, 5.74) is 2.73. The van der Waals surface area contributed by atoms with Crippen molar-refractivity contribution in [1.82, 2.24) is 20.3 Å². The first-order valence-corrected chi connectivity index (χ1v) is 8.77. The second-order valence-electron chi connectivity index (χ2n) is 6.88. The highest BCUT2D eigenvalue weighted by molar-refractivity contribution is 5.84. The average Bonchev–Trinajstić information content (AvgIpc) is 3.14. The Morgan fingerprint density at radius 3 is 3.08 bits per heavy atom. The average molecular weight is 346 g/mol. The number of rotatable bonds is 4. The second kappa shape index (κ2) is 5.69. The Kier molecular flexibility index (Phi) is 3.31. The van der Waals surface area contributed by atoms with E-state index in [1.807, 2.05) is 43.3 Å². The lowest BCUT2D eigenvalue weighted by Gasteiger charge is -2.11. The van der Waals surface area contributed by atoms with Gasteiger partial charge in [-0.15, -0.1) is 0 Å². The van der Waals surface area contributed by atoms with Gasteiger partial charge in [0.05, 0.1) is 17.1 Å². The Labute approximate surface area is 149 Å². The monoisotopic (exact) mass is 346 g/mol. The molecule has 1 aromatic carbocycles. The van der Waals surface area contributed by atoms with Gasteiger partial charge in [0.1, 0.15) is 17.2 Å². The number of furan rings is 1. The van der Waals surface area contributed by atoms with Gasteiger partial charge in [0.15, 0.2) is 0 Å². The highest BCUT2D eigenvalue weighted by Gasteiger charge is 2.46. The van der Waals surface area contributed by atoms with E-state index < -0.39 is 0 Å². The number of fused-ring (bicyclic) bond motifs is 2. The maximum atomic E-state index is 12.6. The van der Waals surface area contributed by atoms with Gasteiger partial charge in [-0.05, 0) is 37.6 Å². The zero-order valence-electron chi connectivity index (χ0n) is 14.3. The van der Waals surface area contributed by atoms with Gasteiger partial charge in [-0.25, -0.2) is 4.98 Å². The van der Waals surface area contributed by atoms with E-state index in [-0.39, 0.29) is 23.8 Å². The Hall–Kier alpha value is -3.15. The molecule has 0 aliphatic heterocycles. The number of imidazole rings is 1. The summed E-state index contributed by atoms with van der Waals surface area (Å²) in [6, 6.07) is 11.5. The third-order valence-electron chi connectivity index (χ3n) is 5.01. The summed E-state index contributed by atoms with van der Waals surface area (Å²) in [5, 5.41) is 4.00. The summed E-state index contributed by atoms with van der Waals surface area (Å²) < 4.78 is 5.81. The molecule has 1 aliphatic rings. The van der Waals surface area contributed by atoms with Crippen LogP contribution in [-0.4, -0.2) is 20.9 Å². The molecule has 3 atom stereocenters. The number of aromatic amines is 1. The van der Waals surface area contributed by atoms with E-state index in [4.69, 9.17) is 4.42 Å². The lowest BCUT2D eigenvalue weighted by Crippen LogP contribution is -2.28. The maximum Gasteiger partial charge on any atom is 0.224 e. The zero-order valence-corrected chi connectivity index (χ0v) is 14.3. The van der Waals surface area contributed by atoms with Crippen molar-refractivity contribution >= 4 is 27.9 Å². The number of carbonyl (C=O) groups excluding carboxylic acids is 1. The quantitative estimate of drug-likeness (QED) is 0.590. The molecule has 3 heterocycles. The first kappa shape index (κ1) is 15.1. The molecular formula is C20H18N4O2. The minimum Gasteiger partial charge on any atom is -0.459 e. The highest BCUT2D eigenvalue weighted by atomic mass is 16.3. The van der Waals surface area contributed by atoms with Gasteiger partial charge in [0.25, 0.3) is 0 Å². The van der Waals surface area contributed by atoms with Crippen LogP contribution >= 0.6 is 0 Å². The molecule has 0 bridgehead atoms. The minimum absolute atomic E-state index is 0.0379. The predicted octanol–water partition coefficient (Wildman–Crippen LogP) is 3.69. The molecule has 6 nitrogen and oxygen atoms in total. The number of para-hydroxylation sites is 2. The molecule has 130 valence electrons. The zero-order chi connectivity index (χ0) is 17.7. The van der Waals surface area contributed by atoms with Crippen molar-refractivity contribution in [2.24, 2.45) is 5.92 Å². The Bertz CT molecular complexity index is 1050. The van der Waals surface area contributed by atoms with Crippen molar-refractivity contribution in [1.29, 1.82) is 0 Å². The molecule has 0 radical (unpaired) electrons. The largest absolute Gasteiger partial charge is 0.459 e. The van der Waals surface area contributed by atoms with Gasteiger partial charge < -0.3 is 14.7 Å². The van der Waals surface area contributed by atoms with Gasteiger partial charge >= 0.3 is 0 Å². The number of pyridine rings is 1. The third-order valence-corrected chi connectivity index (χ3v) is 5.01. The molecule has 6 heteroatoms. The van der Waals surface area contributed by atoms with Crippen molar-refractivity contribution in [2.45, 2.75) is 25.3 Å². The Morgan fingerprint density at radius 1 is 1.35 bits per heavy atom. The Balaban J connectivity index is 1.28. The standard InChI is InChI=1S/C20H18N4O2/c1-11(18-8-12-10-21-7-6-17(12)26-18)22-20(25)14-9-13(14)19-23-15-4-2-3-5-16(15)24-19/h2-8,10-11,13-14H,9H2,1H3,(H,22,25)(H,23,24)/t11-,13-,14-/m0/s1. The van der Waals surface area contributed by atoms with Crippen LogP contribution in [0.25, 0.3) is 22.0 Å². The predicted molar refractivity (Wildman–Crippen MR) is 97.5 cm³/mol. The van der Waals surface area contributed by atoms with E-state index in [1.54, 1.807) is 12.4 Å². The molecule has 4 aromatic rings. The van der Waals surface area contributed by atoms with Crippen LogP contribution in [0, 0.1) is 5.92 Å². The fourth-order valence-electron chi connectivity index (χ4n) is 3.44. The number of hydrogen-bond acceptors (Lipinski definition) is 4. The SMILES string of the molecule is C[C@H](NC(=O)[C@H]1C[C@@H]1c1nc2ccccc2[nH]1)c1cc2cnccc2o1. The first-order valence-electron chi connectivity index (χ1n) is 8.77. The van der Waals surface area contributed by atoms with Crippen molar-refractivity contribution < 1.29 is 9.21 Å². The lowest BCUT2D eigenvalue weighted by atomic mass is 10.2. The maximum absolute atomic E-state index is 12.6. The molecule has 0 spiro atoms. The van der Waals surface area contributed by atoms with Crippen LogP contribution in [-0.2, 0) is 4.79 Å². The molecule has 3 aromatic heterocycles. The van der Waals surface area contributed by atoms with Crippen LogP contribution in [0.2, 0.25) is 0 Å². The highest BCUT2D eigenvalue weighted by Crippen LogP contribution is 2.47. The van der Waals surface area contributed by atoms with Crippen molar-refractivity contribution in [2.75, 3.05) is 0 Å². The first-order chi connectivity index (χ1) is 12.7. The van der Waals surface area contributed by atoms with Crippen molar-refractivity contribution in [3.8, 4) is 0 Å². The summed E-state index contributed by atoms with van der Waals surface area (Å²) >= 11 is 0. The number of hydrogen-bond donors (Lipinski definition) is 2. The number of nitrogens with one attached hydrogen (secondary N) is 2. The number of H-pyrrole nitrogens is 1. The number of aromatic nitrogens is 3. The smallest absolute Gasteiger partial charge is 0.224 e. The van der Waals surface area contributed by atoms with Crippen molar-refractivity contribution in [3.63, 3.8) is 0 Å². The number of amides is 1. The molecule has 0 unspecified atom stereocenters. The normalized spacial score (nSPS) is 20.3. The van der Waals surface area contributed by atoms with Gasteiger partial charge in [0.2, 0.25) is 5.91 Å². The molecular weight excluding hydrogens is 328 g/mol. The molecule has 1 amide bonds. The minimum atomic E-state index is -0.188. The van der Waals surface area contributed by atoms with E-state index in [1.165, 1.54) is 0 Å². The molecule has 0 saturated heterocycles. The summed E-state index contributed by atoms with van der Waals surface area (Å²) in [5.74, 6) is 1.80. The van der Waals surface area contributed by atoms with Gasteiger partial charge in [-0.3, -0.25) is 9.78 Å². The van der Waals surface area contributed by atoms with Crippen LogP contribution in [0.15, 0.2) is 53.2 Å². The van der Waals surface area contributed by atoms with E-state index in [2.05, 4.69) is 20.3 Å². The number of carbonyl (C=O) groups is 1. The molecule has 1 aliphatic carbocycles. The third kappa shape index (κ3) is 2.54. The molecule has 2 N–H and O–H groups in total.